The average Bonchev–Trinajstić information content (AvgIpc) is 3.32. The number of thiophene rings is 1. The molecule has 0 fully saturated rings. The van der Waals surface area contributed by atoms with Gasteiger partial charge in [0.15, 0.2) is 5.11 Å². The predicted octanol–water partition coefficient (Wildman–Crippen LogP) is 8.78. The van der Waals surface area contributed by atoms with Crippen molar-refractivity contribution in [3.05, 3.63) is 106 Å². The van der Waals surface area contributed by atoms with Crippen LogP contribution in [0.1, 0.15) is 62.9 Å². The number of ether oxygens (including phenoxy) is 1. The van der Waals surface area contributed by atoms with Gasteiger partial charge in [0.05, 0.1) is 12.7 Å². The Morgan fingerprint density at radius 1 is 0.860 bits per heavy atom. The van der Waals surface area contributed by atoms with Crippen molar-refractivity contribution in [1.82, 2.24) is 0 Å². The van der Waals surface area contributed by atoms with Gasteiger partial charge in [0.1, 0.15) is 10.3 Å². The van der Waals surface area contributed by atoms with Crippen LogP contribution in [0.2, 0.25) is 0 Å². The van der Waals surface area contributed by atoms with Gasteiger partial charge in [-0.05, 0) is 86.3 Å². The third kappa shape index (κ3) is 8.04. The number of carbonyl (C=O) groups is 2. The molecule has 1 aliphatic rings. The van der Waals surface area contributed by atoms with Crippen LogP contribution >= 0.6 is 35.3 Å². The fourth-order valence-corrected chi connectivity index (χ4v) is 7.72. The lowest BCUT2D eigenvalue weighted by Crippen LogP contribution is -2.20. The molecule has 6 nitrogen and oxygen atoms in total. The van der Waals surface area contributed by atoms with E-state index in [1.54, 1.807) is 0 Å². The van der Waals surface area contributed by atoms with E-state index in [0.717, 1.165) is 59.5 Å². The van der Waals surface area contributed by atoms with Crippen molar-refractivity contribution in [1.29, 1.82) is 0 Å². The van der Waals surface area contributed by atoms with E-state index < -0.39 is 11.2 Å². The maximum atomic E-state index is 14.0. The highest BCUT2D eigenvalue weighted by molar-refractivity contribution is 8.00. The first-order valence-corrected chi connectivity index (χ1v) is 16.5. The summed E-state index contributed by atoms with van der Waals surface area (Å²) < 4.78 is 5.17. The van der Waals surface area contributed by atoms with Crippen molar-refractivity contribution in [2.24, 2.45) is 0 Å². The number of thiocarbonyl (C=S) groups is 1. The minimum absolute atomic E-state index is 0.189. The number of amides is 1. The molecule has 1 aliphatic carbocycles. The molecule has 9 heteroatoms. The Kier molecular flexibility index (Phi) is 10.5. The van der Waals surface area contributed by atoms with Gasteiger partial charge in [0.2, 0.25) is 5.91 Å². The Labute approximate surface area is 266 Å². The molecule has 1 unspecified atom stereocenters. The molecule has 0 aliphatic heterocycles. The number of hydrogen-bond acceptors (Lipinski definition) is 6. The van der Waals surface area contributed by atoms with Crippen LogP contribution in [0.15, 0.2) is 83.8 Å². The summed E-state index contributed by atoms with van der Waals surface area (Å²) >= 11 is 8.50. The quantitative estimate of drug-likeness (QED) is 0.102. The highest BCUT2D eigenvalue weighted by Gasteiger charge is 2.29. The number of hydrogen-bond donors (Lipinski definition) is 3. The van der Waals surface area contributed by atoms with E-state index >= 15 is 0 Å². The molecule has 0 spiro atoms. The number of fused-ring (bicyclic) bond motifs is 1. The van der Waals surface area contributed by atoms with E-state index in [2.05, 4.69) is 16.0 Å². The lowest BCUT2D eigenvalue weighted by atomic mass is 9.96. The van der Waals surface area contributed by atoms with Gasteiger partial charge < -0.3 is 20.7 Å². The maximum Gasteiger partial charge on any atom is 0.341 e. The van der Waals surface area contributed by atoms with Crippen LogP contribution in [0.4, 0.5) is 16.4 Å². The Hall–Kier alpha value is -3.66. The molecule has 43 heavy (non-hydrogen) atoms. The molecule has 1 amide bonds. The standard InChI is InChI=1S/C34H35N3O3S3/c1-22-17-19-24(20-18-22)35-34(41)36-25-13-10-14-26(21-25)42-30(23-11-6-5-7-12-23)31(38)37-32-29(33(39)40-2)27-15-8-3-4-9-16-28(27)43-32/h5-7,10-14,17-21,30H,3-4,8-9,15-16H2,1-2H3,(H,37,38)(H2,35,36,41). The summed E-state index contributed by atoms with van der Waals surface area (Å²) in [4.78, 5) is 29.0. The SMILES string of the molecule is COC(=O)c1c(NC(=O)C(Sc2cccc(NC(=S)Nc3ccc(C)cc3)c2)c2ccccc2)sc2c1CCCCCC2. The molecule has 3 aromatic carbocycles. The van der Waals surface area contributed by atoms with E-state index in [1.165, 1.54) is 47.1 Å². The second-order valence-corrected chi connectivity index (χ2v) is 13.2. The van der Waals surface area contributed by atoms with Crippen LogP contribution < -0.4 is 16.0 Å². The Balaban J connectivity index is 1.37. The number of benzene rings is 3. The number of carbonyl (C=O) groups excluding carboxylic acids is 2. The number of aryl methyl sites for hydroxylation is 2. The molecule has 0 radical (unpaired) electrons. The number of thioether (sulfide) groups is 1. The van der Waals surface area contributed by atoms with Gasteiger partial charge in [-0.3, -0.25) is 4.79 Å². The Morgan fingerprint density at radius 2 is 1.58 bits per heavy atom. The molecule has 0 saturated heterocycles. The van der Waals surface area contributed by atoms with Crippen molar-refractivity contribution in [3.63, 3.8) is 0 Å². The predicted molar refractivity (Wildman–Crippen MR) is 183 cm³/mol. The summed E-state index contributed by atoms with van der Waals surface area (Å²) in [5.74, 6) is -0.586. The number of methoxy groups -OCH3 is 1. The van der Waals surface area contributed by atoms with Crippen molar-refractivity contribution in [2.75, 3.05) is 23.1 Å². The highest BCUT2D eigenvalue weighted by Crippen LogP contribution is 2.41. The van der Waals surface area contributed by atoms with E-state index in [0.29, 0.717) is 15.7 Å². The lowest BCUT2D eigenvalue weighted by molar-refractivity contribution is -0.115. The third-order valence-electron chi connectivity index (χ3n) is 7.29. The first-order valence-electron chi connectivity index (χ1n) is 14.4. The van der Waals surface area contributed by atoms with E-state index in [9.17, 15) is 9.59 Å². The molecular formula is C34H35N3O3S3. The van der Waals surface area contributed by atoms with Gasteiger partial charge in [-0.2, -0.15) is 0 Å². The van der Waals surface area contributed by atoms with Gasteiger partial charge in [-0.15, -0.1) is 23.1 Å². The Bertz CT molecular complexity index is 1590. The average molecular weight is 630 g/mol. The second-order valence-electron chi connectivity index (χ2n) is 10.5. The second kappa shape index (κ2) is 14.7. The first kappa shape index (κ1) is 30.8. The zero-order valence-corrected chi connectivity index (χ0v) is 26.7. The minimum atomic E-state index is -0.552. The molecule has 1 aromatic heterocycles. The van der Waals surface area contributed by atoms with Gasteiger partial charge in [0, 0.05) is 21.1 Å². The molecule has 0 saturated carbocycles. The van der Waals surface area contributed by atoms with E-state index in [1.807, 2.05) is 85.8 Å². The van der Waals surface area contributed by atoms with E-state index in [-0.39, 0.29) is 5.91 Å². The van der Waals surface area contributed by atoms with Gasteiger partial charge in [-0.1, -0.05) is 66.9 Å². The fraction of sp³-hybridized carbons (Fsp3) is 0.265. The number of nitrogens with one attached hydrogen (secondary N) is 3. The first-order chi connectivity index (χ1) is 20.9. The monoisotopic (exact) mass is 629 g/mol. The van der Waals surface area contributed by atoms with Crippen molar-refractivity contribution >= 4 is 68.7 Å². The van der Waals surface area contributed by atoms with E-state index in [4.69, 9.17) is 17.0 Å². The molecule has 4 aromatic rings. The fourth-order valence-electron chi connectivity index (χ4n) is 5.12. The van der Waals surface area contributed by atoms with Crippen LogP contribution in [0, 0.1) is 6.92 Å². The smallest absolute Gasteiger partial charge is 0.341 e. The summed E-state index contributed by atoms with van der Waals surface area (Å²) in [6, 6.07) is 25.6. The zero-order chi connectivity index (χ0) is 30.2. The van der Waals surface area contributed by atoms with Crippen molar-refractivity contribution in [3.8, 4) is 0 Å². The van der Waals surface area contributed by atoms with Crippen LogP contribution in [0.25, 0.3) is 0 Å². The molecule has 5 rings (SSSR count). The molecule has 222 valence electrons. The van der Waals surface area contributed by atoms with Gasteiger partial charge in [0.25, 0.3) is 0 Å². The zero-order valence-electron chi connectivity index (χ0n) is 24.3. The van der Waals surface area contributed by atoms with Crippen LogP contribution in [0.5, 0.6) is 0 Å². The summed E-state index contributed by atoms with van der Waals surface area (Å²) in [6.07, 6.45) is 6.17. The number of anilines is 3. The van der Waals surface area contributed by atoms with Crippen molar-refractivity contribution in [2.45, 2.75) is 55.6 Å². The number of esters is 1. The highest BCUT2D eigenvalue weighted by atomic mass is 32.2. The topological polar surface area (TPSA) is 79.5 Å². The van der Waals surface area contributed by atoms with Crippen LogP contribution in [-0.4, -0.2) is 24.1 Å². The molecule has 1 atom stereocenters. The maximum absolute atomic E-state index is 14.0. The molecule has 1 heterocycles. The van der Waals surface area contributed by atoms with Gasteiger partial charge in [-0.25, -0.2) is 4.79 Å². The molecule has 0 bridgehead atoms. The summed E-state index contributed by atoms with van der Waals surface area (Å²) in [5, 5.41) is 10.1. The lowest BCUT2D eigenvalue weighted by Gasteiger charge is -2.18. The van der Waals surface area contributed by atoms with Crippen LogP contribution in [0.3, 0.4) is 0 Å². The summed E-state index contributed by atoms with van der Waals surface area (Å²) in [6.45, 7) is 2.04. The largest absolute Gasteiger partial charge is 0.465 e. The normalized spacial score (nSPS) is 13.5. The minimum Gasteiger partial charge on any atom is -0.465 e. The summed E-state index contributed by atoms with van der Waals surface area (Å²) in [5.41, 5.74) is 5.31. The molecular weight excluding hydrogens is 595 g/mol. The third-order valence-corrected chi connectivity index (χ3v) is 9.95. The molecule has 3 N–H and O–H groups in total. The number of rotatable bonds is 8. The van der Waals surface area contributed by atoms with Crippen LogP contribution in [-0.2, 0) is 22.4 Å². The Morgan fingerprint density at radius 3 is 2.33 bits per heavy atom. The van der Waals surface area contributed by atoms with Gasteiger partial charge >= 0.3 is 5.97 Å². The van der Waals surface area contributed by atoms with Crippen molar-refractivity contribution < 1.29 is 14.3 Å². The summed E-state index contributed by atoms with van der Waals surface area (Å²) in [7, 11) is 1.40.